The van der Waals surface area contributed by atoms with E-state index in [1.54, 1.807) is 30.8 Å². The van der Waals surface area contributed by atoms with Gasteiger partial charge in [-0.2, -0.15) is 0 Å². The average molecular weight is 1080 g/mol. The smallest absolute Gasteiger partial charge is 0.253 e. The van der Waals surface area contributed by atoms with Crippen molar-refractivity contribution in [3.8, 4) is 0 Å². The first-order valence-corrected chi connectivity index (χ1v) is 28.0. The van der Waals surface area contributed by atoms with Crippen LogP contribution < -0.4 is 26.8 Å². The van der Waals surface area contributed by atoms with Crippen LogP contribution in [0.15, 0.2) is 42.5 Å². The van der Waals surface area contributed by atoms with E-state index in [1.165, 1.54) is 26.4 Å². The van der Waals surface area contributed by atoms with Gasteiger partial charge in [-0.25, -0.2) is 0 Å². The first-order chi connectivity index (χ1) is 36.6. The van der Waals surface area contributed by atoms with E-state index in [2.05, 4.69) is 26.8 Å². The van der Waals surface area contributed by atoms with Crippen molar-refractivity contribution in [1.29, 1.82) is 0 Å². The molecule has 1 aromatic carbocycles. The first-order valence-electron chi connectivity index (χ1n) is 28.0. The van der Waals surface area contributed by atoms with Crippen molar-refractivity contribution in [2.75, 3.05) is 54.5 Å². The highest BCUT2D eigenvalue weighted by molar-refractivity contribution is 6.12. The van der Waals surface area contributed by atoms with Crippen LogP contribution in [0.25, 0.3) is 0 Å². The summed E-state index contributed by atoms with van der Waals surface area (Å²) in [7, 11) is 6.56. The van der Waals surface area contributed by atoms with Gasteiger partial charge in [0.05, 0.1) is 42.7 Å². The van der Waals surface area contributed by atoms with Gasteiger partial charge in [0.15, 0.2) is 0 Å². The van der Waals surface area contributed by atoms with Gasteiger partial charge < -0.3 is 35.2 Å². The minimum absolute atomic E-state index is 0.0491. The highest BCUT2D eigenvalue weighted by Gasteiger charge is 2.62. The molecule has 1 saturated carbocycles. The molecule has 0 radical (unpaired) electrons. The molecule has 20 nitrogen and oxygen atoms in total. The van der Waals surface area contributed by atoms with Crippen LogP contribution in [0.1, 0.15) is 144 Å². The monoisotopic (exact) mass is 1080 g/mol. The predicted molar refractivity (Wildman–Crippen MR) is 292 cm³/mol. The molecule has 1 saturated heterocycles. The molecule has 10 atom stereocenters. The SMILES string of the molecule is CCCNC(=O)[C@]1(NC(=O)[C@H](C)[C@@H](OC)[C@@H]2CCCN2C(=O)C[C@@H](OC)[C@H]([C@@H](C)CC)N(C)C(=O)[C@@H](NC(=O)[C@H](C(C)C)N(C)CCCC(=O)NNC(=O)CCCCCN2C(=O)C=CC2=O)C(C)C)C[C@@H]1c1ccccc1. The summed E-state index contributed by atoms with van der Waals surface area (Å²) in [6.07, 6.45) is 6.56. The molecule has 9 amide bonds. The Morgan fingerprint density at radius 1 is 0.805 bits per heavy atom. The molecule has 1 aromatic rings. The first kappa shape index (κ1) is 63.8. The Labute approximate surface area is 457 Å². The summed E-state index contributed by atoms with van der Waals surface area (Å²) in [6.45, 7) is 16.9. The largest absolute Gasteiger partial charge is 0.379 e. The topological polar surface area (TPSA) is 245 Å². The Balaban J connectivity index is 1.34. The van der Waals surface area contributed by atoms with Crippen LogP contribution in [-0.2, 0) is 52.6 Å². The molecule has 0 unspecified atom stereocenters. The van der Waals surface area contributed by atoms with Crippen molar-refractivity contribution >= 4 is 53.2 Å². The summed E-state index contributed by atoms with van der Waals surface area (Å²) in [6, 6.07) is 7.15. The second-order valence-corrected chi connectivity index (χ2v) is 22.0. The second kappa shape index (κ2) is 30.4. The molecular weight excluding hydrogens is 987 g/mol. The van der Waals surface area contributed by atoms with Gasteiger partial charge in [0, 0.05) is 71.8 Å². The van der Waals surface area contributed by atoms with Crippen LogP contribution in [-0.4, -0.2) is 169 Å². The molecule has 0 aromatic heterocycles. The summed E-state index contributed by atoms with van der Waals surface area (Å²) in [5, 5.41) is 9.18. The quantitative estimate of drug-likeness (QED) is 0.0391. The lowest BCUT2D eigenvalue weighted by molar-refractivity contribution is -0.148. The number of benzene rings is 1. The fourth-order valence-electron chi connectivity index (χ4n) is 11.1. The molecule has 77 heavy (non-hydrogen) atoms. The lowest BCUT2D eigenvalue weighted by Crippen LogP contribution is -2.60. The number of likely N-dealkylation sites (tertiary alicyclic amines) is 1. The van der Waals surface area contributed by atoms with Crippen LogP contribution in [0.4, 0.5) is 0 Å². The number of unbranched alkanes of at least 4 members (excludes halogenated alkanes) is 2. The highest BCUT2D eigenvalue weighted by Crippen LogP contribution is 2.52. The maximum Gasteiger partial charge on any atom is 0.253 e. The number of nitrogens with one attached hydrogen (secondary N) is 5. The van der Waals surface area contributed by atoms with Gasteiger partial charge in [0.25, 0.3) is 11.8 Å². The predicted octanol–water partition coefficient (Wildman–Crippen LogP) is 3.99. The van der Waals surface area contributed by atoms with Gasteiger partial charge in [-0.05, 0) is 81.9 Å². The van der Waals surface area contributed by atoms with Gasteiger partial charge in [-0.3, -0.25) is 63.8 Å². The Morgan fingerprint density at radius 2 is 1.44 bits per heavy atom. The lowest BCUT2D eigenvalue weighted by atomic mass is 9.89. The normalized spacial score (nSPS) is 20.8. The molecule has 0 bridgehead atoms. The Bertz CT molecular complexity index is 2190. The van der Waals surface area contributed by atoms with E-state index < -0.39 is 47.8 Å². The molecule has 2 heterocycles. The molecule has 1 aliphatic carbocycles. The Hall–Kier alpha value is -5.73. The van der Waals surface area contributed by atoms with Crippen LogP contribution in [0, 0.1) is 23.7 Å². The van der Waals surface area contributed by atoms with E-state index >= 15 is 0 Å². The number of ether oxygens (including phenoxy) is 2. The zero-order chi connectivity index (χ0) is 57.1. The standard InChI is InChI=1S/C57H91N9O11/c1-13-30-58-56(75)57(35-41(57)40-23-17-15-18-24-40)60-53(72)39(8)52(77-12)42-25-21-33-65(42)48(71)34-43(76-11)51(38(7)14-2)64(10)55(74)49(36(3)4)59-54(73)50(37(5)6)63(9)31-22-27-45(68)62-61-44(67)26-19-16-20-32-66-46(69)28-29-47(66)70/h15,17-18,23-24,28-29,36-39,41-43,49-52H,13-14,16,19-22,25-27,30-35H2,1-12H3,(H,58,75)(H,59,73)(H,60,72)(H,61,67)(H,62,68)/t38-,39+,41+,42-,43+,49-,50-,51-,52+,57-/m0/s1. The summed E-state index contributed by atoms with van der Waals surface area (Å²) in [5.74, 6) is -4.31. The van der Waals surface area contributed by atoms with Crippen molar-refractivity contribution in [3.63, 3.8) is 0 Å². The van der Waals surface area contributed by atoms with E-state index in [9.17, 15) is 43.2 Å². The zero-order valence-electron chi connectivity index (χ0n) is 48.0. The van der Waals surface area contributed by atoms with Gasteiger partial charge in [-0.15, -0.1) is 0 Å². The summed E-state index contributed by atoms with van der Waals surface area (Å²) >= 11 is 0. The molecule has 20 heteroatoms. The lowest BCUT2D eigenvalue weighted by Gasteiger charge is -2.41. The van der Waals surface area contributed by atoms with Crippen LogP contribution in [0.5, 0.6) is 0 Å². The van der Waals surface area contributed by atoms with Gasteiger partial charge in [0.1, 0.15) is 11.6 Å². The molecule has 5 N–H and O–H groups in total. The fraction of sp³-hybridized carbons (Fsp3) is 0.702. The Kier molecular flexibility index (Phi) is 25.2. The molecule has 430 valence electrons. The number of likely N-dealkylation sites (N-methyl/N-ethyl adjacent to an activating group) is 2. The van der Waals surface area contributed by atoms with E-state index in [4.69, 9.17) is 9.47 Å². The van der Waals surface area contributed by atoms with Crippen molar-refractivity contribution in [3.05, 3.63) is 48.0 Å². The average Bonchev–Trinajstić information content (AvgIpc) is 3.79. The van der Waals surface area contributed by atoms with Crippen molar-refractivity contribution in [2.24, 2.45) is 23.7 Å². The molecular formula is C57H91N9O11. The van der Waals surface area contributed by atoms with Crippen LogP contribution in [0.3, 0.4) is 0 Å². The number of hydrazine groups is 1. The number of imide groups is 1. The maximum absolute atomic E-state index is 14.7. The number of methoxy groups -OCH3 is 2. The molecule has 4 rings (SSSR count). The van der Waals surface area contributed by atoms with Gasteiger partial charge in [0.2, 0.25) is 41.4 Å². The van der Waals surface area contributed by atoms with Crippen molar-refractivity contribution in [1.82, 2.24) is 46.4 Å². The summed E-state index contributed by atoms with van der Waals surface area (Å²) < 4.78 is 12.2. The van der Waals surface area contributed by atoms with E-state index in [-0.39, 0.29) is 103 Å². The number of hydrogen-bond acceptors (Lipinski definition) is 12. The third-order valence-electron chi connectivity index (χ3n) is 15.8. The number of carbonyl (C=O) groups is 9. The molecule has 3 aliphatic rings. The number of rotatable bonds is 32. The van der Waals surface area contributed by atoms with Gasteiger partial charge >= 0.3 is 0 Å². The number of nitrogens with zero attached hydrogens (tertiary/aromatic N) is 4. The van der Waals surface area contributed by atoms with Crippen molar-refractivity contribution in [2.45, 2.75) is 180 Å². The second-order valence-electron chi connectivity index (χ2n) is 22.0. The third kappa shape index (κ3) is 17.1. The van der Waals surface area contributed by atoms with E-state index in [0.29, 0.717) is 71.0 Å². The fourth-order valence-corrected chi connectivity index (χ4v) is 11.1. The molecule has 0 spiro atoms. The minimum Gasteiger partial charge on any atom is -0.379 e. The van der Waals surface area contributed by atoms with Crippen LogP contribution in [0.2, 0.25) is 0 Å². The Morgan fingerprint density at radius 3 is 2.01 bits per heavy atom. The van der Waals surface area contributed by atoms with Crippen molar-refractivity contribution < 1.29 is 52.6 Å². The summed E-state index contributed by atoms with van der Waals surface area (Å²) in [4.78, 5) is 126. The molecule has 2 fully saturated rings. The number of hydrogen-bond donors (Lipinski definition) is 5. The molecule has 2 aliphatic heterocycles. The number of amides is 9. The zero-order valence-corrected chi connectivity index (χ0v) is 48.0. The minimum atomic E-state index is -1.09. The van der Waals surface area contributed by atoms with E-state index in [1.807, 2.05) is 83.7 Å². The maximum atomic E-state index is 14.7. The highest BCUT2D eigenvalue weighted by atomic mass is 16.5. The van der Waals surface area contributed by atoms with Gasteiger partial charge in [-0.1, -0.05) is 98.6 Å². The van der Waals surface area contributed by atoms with Crippen LogP contribution >= 0.6 is 0 Å². The third-order valence-corrected chi connectivity index (χ3v) is 15.8. The summed E-state index contributed by atoms with van der Waals surface area (Å²) in [5.41, 5.74) is 4.75. The number of carbonyl (C=O) groups excluding carboxylic acids is 9. The van der Waals surface area contributed by atoms with E-state index in [0.717, 1.165) is 16.9 Å².